The molecule has 0 radical (unpaired) electrons. The van der Waals surface area contributed by atoms with E-state index in [-0.39, 0.29) is 17.2 Å². The minimum absolute atomic E-state index is 0.0586. The van der Waals surface area contributed by atoms with Gasteiger partial charge in [0, 0.05) is 6.04 Å². The van der Waals surface area contributed by atoms with Crippen molar-refractivity contribution >= 4 is 16.8 Å². The van der Waals surface area contributed by atoms with Crippen molar-refractivity contribution in [3.8, 4) is 11.3 Å². The van der Waals surface area contributed by atoms with Gasteiger partial charge in [-0.3, -0.25) is 9.59 Å². The van der Waals surface area contributed by atoms with Crippen molar-refractivity contribution in [3.63, 3.8) is 0 Å². The monoisotopic (exact) mass is 301 g/mol. The SMILES string of the molecule is O=C(Cl)c1ccc(-c2ccccc2)n(C2CCCC2)c1=O. The van der Waals surface area contributed by atoms with Gasteiger partial charge in [0.25, 0.3) is 10.8 Å². The molecule has 1 aliphatic carbocycles. The van der Waals surface area contributed by atoms with Gasteiger partial charge < -0.3 is 4.57 Å². The van der Waals surface area contributed by atoms with Crippen LogP contribution in [0.25, 0.3) is 11.3 Å². The zero-order chi connectivity index (χ0) is 14.8. The fourth-order valence-corrected chi connectivity index (χ4v) is 3.22. The minimum atomic E-state index is -0.689. The molecule has 0 N–H and O–H groups in total. The van der Waals surface area contributed by atoms with Gasteiger partial charge in [0.2, 0.25) is 0 Å². The summed E-state index contributed by atoms with van der Waals surface area (Å²) in [7, 11) is 0. The lowest BCUT2D eigenvalue weighted by atomic mass is 10.1. The number of rotatable bonds is 3. The smallest absolute Gasteiger partial charge is 0.263 e. The maximum Gasteiger partial charge on any atom is 0.263 e. The largest absolute Gasteiger partial charge is 0.305 e. The molecule has 1 saturated carbocycles. The Hall–Kier alpha value is -1.87. The first-order valence-electron chi connectivity index (χ1n) is 7.19. The molecule has 1 aliphatic rings. The minimum Gasteiger partial charge on any atom is -0.305 e. The van der Waals surface area contributed by atoms with Crippen molar-refractivity contribution in [2.75, 3.05) is 0 Å². The molecular formula is C17H16ClNO2. The van der Waals surface area contributed by atoms with Gasteiger partial charge in [0.05, 0.1) is 11.3 Å². The average Bonchev–Trinajstić information content (AvgIpc) is 3.01. The van der Waals surface area contributed by atoms with E-state index >= 15 is 0 Å². The third-order valence-electron chi connectivity index (χ3n) is 4.09. The van der Waals surface area contributed by atoms with Crippen molar-refractivity contribution in [1.29, 1.82) is 0 Å². The molecule has 0 amide bonds. The normalized spacial score (nSPS) is 15.3. The summed E-state index contributed by atoms with van der Waals surface area (Å²) in [4.78, 5) is 24.1. The lowest BCUT2D eigenvalue weighted by Gasteiger charge is -2.19. The van der Waals surface area contributed by atoms with Gasteiger partial charge in [-0.25, -0.2) is 0 Å². The average molecular weight is 302 g/mol. The van der Waals surface area contributed by atoms with Crippen LogP contribution in [0.2, 0.25) is 0 Å². The van der Waals surface area contributed by atoms with Gasteiger partial charge in [-0.1, -0.05) is 43.2 Å². The molecule has 3 rings (SSSR count). The van der Waals surface area contributed by atoms with E-state index < -0.39 is 5.24 Å². The first kappa shape index (κ1) is 14.1. The van der Waals surface area contributed by atoms with Gasteiger partial charge >= 0.3 is 0 Å². The number of benzene rings is 1. The van der Waals surface area contributed by atoms with E-state index in [1.165, 1.54) is 6.07 Å². The Bertz CT molecular complexity index is 715. The molecule has 0 spiro atoms. The second kappa shape index (κ2) is 5.86. The van der Waals surface area contributed by atoms with E-state index in [0.717, 1.165) is 36.9 Å². The Labute approximate surface area is 128 Å². The van der Waals surface area contributed by atoms with E-state index in [1.807, 2.05) is 36.4 Å². The fourth-order valence-electron chi connectivity index (χ4n) is 3.07. The third kappa shape index (κ3) is 2.66. The zero-order valence-electron chi connectivity index (χ0n) is 11.6. The quantitative estimate of drug-likeness (QED) is 0.804. The Balaban J connectivity index is 2.22. The van der Waals surface area contributed by atoms with Crippen molar-refractivity contribution in [1.82, 2.24) is 4.57 Å². The summed E-state index contributed by atoms with van der Waals surface area (Å²) in [5, 5.41) is -0.689. The number of pyridine rings is 1. The van der Waals surface area contributed by atoms with E-state index in [2.05, 4.69) is 0 Å². The van der Waals surface area contributed by atoms with Crippen LogP contribution >= 0.6 is 11.6 Å². The van der Waals surface area contributed by atoms with E-state index in [1.54, 1.807) is 4.57 Å². The molecule has 0 saturated heterocycles. The standard InChI is InChI=1S/C17H16ClNO2/c18-16(20)14-10-11-15(12-6-2-1-3-7-12)19(17(14)21)13-8-4-5-9-13/h1-3,6-7,10-11,13H,4-5,8-9H2. The van der Waals surface area contributed by atoms with Crippen LogP contribution in [0, 0.1) is 0 Å². The topological polar surface area (TPSA) is 39.1 Å². The highest BCUT2D eigenvalue weighted by atomic mass is 35.5. The molecular weight excluding hydrogens is 286 g/mol. The highest BCUT2D eigenvalue weighted by Crippen LogP contribution is 2.32. The van der Waals surface area contributed by atoms with Gasteiger partial charge in [-0.05, 0) is 42.1 Å². The number of aromatic nitrogens is 1. The molecule has 1 fully saturated rings. The van der Waals surface area contributed by atoms with Gasteiger partial charge in [-0.2, -0.15) is 0 Å². The molecule has 0 unspecified atom stereocenters. The Morgan fingerprint density at radius 3 is 2.33 bits per heavy atom. The van der Waals surface area contributed by atoms with Crippen molar-refractivity contribution in [3.05, 3.63) is 58.4 Å². The summed E-state index contributed by atoms with van der Waals surface area (Å²) >= 11 is 5.53. The molecule has 1 heterocycles. The number of carbonyl (C=O) groups is 1. The maximum atomic E-state index is 12.6. The molecule has 21 heavy (non-hydrogen) atoms. The number of hydrogen-bond acceptors (Lipinski definition) is 2. The Kier molecular flexibility index (Phi) is 3.93. The predicted octanol–water partition coefficient (Wildman–Crippen LogP) is 4.01. The summed E-state index contributed by atoms with van der Waals surface area (Å²) in [5.74, 6) is 0. The summed E-state index contributed by atoms with van der Waals surface area (Å²) in [6.45, 7) is 0. The van der Waals surface area contributed by atoms with Gasteiger partial charge in [-0.15, -0.1) is 0 Å². The first-order chi connectivity index (χ1) is 10.2. The van der Waals surface area contributed by atoms with Crippen molar-refractivity contribution < 1.29 is 4.79 Å². The molecule has 0 aliphatic heterocycles. The zero-order valence-corrected chi connectivity index (χ0v) is 12.3. The summed E-state index contributed by atoms with van der Waals surface area (Å²) < 4.78 is 1.76. The van der Waals surface area contributed by atoms with Crippen LogP contribution in [0.4, 0.5) is 0 Å². The second-order valence-corrected chi connectivity index (χ2v) is 5.73. The van der Waals surface area contributed by atoms with Crippen LogP contribution in [0.1, 0.15) is 42.1 Å². The fraction of sp³-hybridized carbons (Fsp3) is 0.294. The van der Waals surface area contributed by atoms with Crippen LogP contribution in [0.3, 0.4) is 0 Å². The first-order valence-corrected chi connectivity index (χ1v) is 7.57. The van der Waals surface area contributed by atoms with Crippen molar-refractivity contribution in [2.24, 2.45) is 0 Å². The van der Waals surface area contributed by atoms with Crippen LogP contribution < -0.4 is 5.56 Å². The molecule has 1 aromatic heterocycles. The molecule has 1 aromatic carbocycles. The third-order valence-corrected chi connectivity index (χ3v) is 4.29. The number of hydrogen-bond donors (Lipinski definition) is 0. The summed E-state index contributed by atoms with van der Waals surface area (Å²) in [6, 6.07) is 13.3. The molecule has 108 valence electrons. The summed E-state index contributed by atoms with van der Waals surface area (Å²) in [6.07, 6.45) is 4.17. The van der Waals surface area contributed by atoms with E-state index in [9.17, 15) is 9.59 Å². The van der Waals surface area contributed by atoms with Crippen LogP contribution in [-0.4, -0.2) is 9.81 Å². The number of nitrogens with zero attached hydrogens (tertiary/aromatic N) is 1. The lowest BCUT2D eigenvalue weighted by Crippen LogP contribution is -2.28. The van der Waals surface area contributed by atoms with Gasteiger partial charge in [0.15, 0.2) is 0 Å². The molecule has 0 atom stereocenters. The van der Waals surface area contributed by atoms with Crippen LogP contribution in [0.15, 0.2) is 47.3 Å². The molecule has 2 aromatic rings. The molecule has 0 bridgehead atoms. The maximum absolute atomic E-state index is 12.6. The van der Waals surface area contributed by atoms with Crippen molar-refractivity contribution in [2.45, 2.75) is 31.7 Å². The Morgan fingerprint density at radius 2 is 1.71 bits per heavy atom. The predicted molar refractivity (Wildman–Crippen MR) is 83.8 cm³/mol. The van der Waals surface area contributed by atoms with Crippen LogP contribution in [0.5, 0.6) is 0 Å². The second-order valence-electron chi connectivity index (χ2n) is 5.39. The van der Waals surface area contributed by atoms with Crippen LogP contribution in [-0.2, 0) is 0 Å². The van der Waals surface area contributed by atoms with Gasteiger partial charge in [0.1, 0.15) is 0 Å². The molecule has 4 heteroatoms. The van der Waals surface area contributed by atoms with E-state index in [0.29, 0.717) is 0 Å². The van der Waals surface area contributed by atoms with E-state index in [4.69, 9.17) is 11.6 Å². The summed E-state index contributed by atoms with van der Waals surface area (Å²) in [5.41, 5.74) is 1.62. The number of halogens is 1. The number of carbonyl (C=O) groups excluding carboxylic acids is 1. The highest BCUT2D eigenvalue weighted by molar-refractivity contribution is 6.67. The highest BCUT2D eigenvalue weighted by Gasteiger charge is 2.23. The molecule has 3 nitrogen and oxygen atoms in total. The lowest BCUT2D eigenvalue weighted by molar-refractivity contribution is 0.107. The Morgan fingerprint density at radius 1 is 1.05 bits per heavy atom.